The van der Waals surface area contributed by atoms with E-state index in [0.29, 0.717) is 6.04 Å². The number of piperazine rings is 1. The van der Waals surface area contributed by atoms with Gasteiger partial charge in [-0.25, -0.2) is 0 Å². The standard InChI is InChI=1S/C18H27BrN2/c1-13(2)9-16-10-20-18(14-7-8-14)12-21(16)11-15-5-3-4-6-17(15)19/h3-6,13-14,16,18,20H,7-12H2,1-2H3. The predicted octanol–water partition coefficient (Wildman–Crippen LogP) is 4.05. The number of nitrogens with zero attached hydrogens (tertiary/aromatic N) is 1. The Labute approximate surface area is 137 Å². The van der Waals surface area contributed by atoms with Crippen molar-refractivity contribution in [3.8, 4) is 0 Å². The molecule has 1 saturated heterocycles. The minimum atomic E-state index is 0.673. The molecular weight excluding hydrogens is 324 g/mol. The first-order valence-corrected chi connectivity index (χ1v) is 9.13. The molecule has 0 bridgehead atoms. The zero-order valence-electron chi connectivity index (χ0n) is 13.2. The molecule has 1 aromatic rings. The van der Waals surface area contributed by atoms with Gasteiger partial charge in [-0.3, -0.25) is 4.90 Å². The molecule has 2 aliphatic rings. The number of hydrogen-bond donors (Lipinski definition) is 1. The van der Waals surface area contributed by atoms with E-state index < -0.39 is 0 Å². The van der Waals surface area contributed by atoms with Crippen LogP contribution in [0.5, 0.6) is 0 Å². The summed E-state index contributed by atoms with van der Waals surface area (Å²) in [5.41, 5.74) is 1.42. The zero-order valence-corrected chi connectivity index (χ0v) is 14.8. The molecule has 1 aliphatic carbocycles. The predicted molar refractivity (Wildman–Crippen MR) is 92.3 cm³/mol. The van der Waals surface area contributed by atoms with Gasteiger partial charge in [0, 0.05) is 36.2 Å². The molecule has 2 atom stereocenters. The second-order valence-corrected chi connectivity index (χ2v) is 8.01. The van der Waals surface area contributed by atoms with Crippen LogP contribution in [0.3, 0.4) is 0 Å². The molecule has 1 N–H and O–H groups in total. The van der Waals surface area contributed by atoms with Crippen LogP contribution in [0.4, 0.5) is 0 Å². The normalized spacial score (nSPS) is 27.2. The van der Waals surface area contributed by atoms with Crippen LogP contribution < -0.4 is 5.32 Å². The van der Waals surface area contributed by atoms with Crippen LogP contribution in [0.25, 0.3) is 0 Å². The third-order valence-corrected chi connectivity index (χ3v) is 5.60. The van der Waals surface area contributed by atoms with Crippen molar-refractivity contribution >= 4 is 15.9 Å². The highest BCUT2D eigenvalue weighted by molar-refractivity contribution is 9.10. The fourth-order valence-electron chi connectivity index (χ4n) is 3.51. The summed E-state index contributed by atoms with van der Waals surface area (Å²) in [6.07, 6.45) is 4.14. The average molecular weight is 351 g/mol. The van der Waals surface area contributed by atoms with E-state index in [-0.39, 0.29) is 0 Å². The number of hydrogen-bond acceptors (Lipinski definition) is 2. The van der Waals surface area contributed by atoms with E-state index >= 15 is 0 Å². The van der Waals surface area contributed by atoms with Gasteiger partial charge in [0.2, 0.25) is 0 Å². The first-order chi connectivity index (χ1) is 10.1. The fourth-order valence-corrected chi connectivity index (χ4v) is 3.92. The van der Waals surface area contributed by atoms with Crippen LogP contribution in [-0.4, -0.2) is 30.1 Å². The third kappa shape index (κ3) is 4.08. The minimum absolute atomic E-state index is 0.673. The first-order valence-electron chi connectivity index (χ1n) is 8.34. The lowest BCUT2D eigenvalue weighted by Crippen LogP contribution is -2.57. The molecule has 0 radical (unpaired) electrons. The summed E-state index contributed by atoms with van der Waals surface area (Å²) in [6.45, 7) is 8.12. The molecule has 2 unspecified atom stereocenters. The van der Waals surface area contributed by atoms with Crippen LogP contribution in [0.15, 0.2) is 28.7 Å². The first kappa shape index (κ1) is 15.5. The molecule has 2 nitrogen and oxygen atoms in total. The smallest absolute Gasteiger partial charge is 0.0249 e. The number of rotatable bonds is 5. The maximum Gasteiger partial charge on any atom is 0.0249 e. The van der Waals surface area contributed by atoms with Gasteiger partial charge in [0.05, 0.1) is 0 Å². The van der Waals surface area contributed by atoms with Gasteiger partial charge < -0.3 is 5.32 Å². The molecular formula is C18H27BrN2. The van der Waals surface area contributed by atoms with Crippen molar-refractivity contribution in [3.05, 3.63) is 34.3 Å². The number of nitrogens with one attached hydrogen (secondary N) is 1. The van der Waals surface area contributed by atoms with Crippen molar-refractivity contribution in [2.75, 3.05) is 13.1 Å². The van der Waals surface area contributed by atoms with E-state index in [1.54, 1.807) is 0 Å². The molecule has 21 heavy (non-hydrogen) atoms. The molecule has 1 saturated carbocycles. The molecule has 1 aliphatic heterocycles. The van der Waals surface area contributed by atoms with Crippen LogP contribution >= 0.6 is 15.9 Å². The second-order valence-electron chi connectivity index (χ2n) is 7.16. The van der Waals surface area contributed by atoms with Crippen molar-refractivity contribution in [1.29, 1.82) is 0 Å². The summed E-state index contributed by atoms with van der Waals surface area (Å²) in [4.78, 5) is 2.72. The van der Waals surface area contributed by atoms with Gasteiger partial charge in [-0.1, -0.05) is 48.0 Å². The molecule has 3 heteroatoms. The van der Waals surface area contributed by atoms with Gasteiger partial charge in [-0.05, 0) is 42.7 Å². The van der Waals surface area contributed by atoms with Gasteiger partial charge in [0.25, 0.3) is 0 Å². The molecule has 2 fully saturated rings. The molecule has 3 rings (SSSR count). The highest BCUT2D eigenvalue weighted by atomic mass is 79.9. The number of halogens is 1. The van der Waals surface area contributed by atoms with E-state index in [9.17, 15) is 0 Å². The Kier molecular flexibility index (Phi) is 5.03. The Morgan fingerprint density at radius 1 is 1.29 bits per heavy atom. The Morgan fingerprint density at radius 3 is 2.71 bits per heavy atom. The summed E-state index contributed by atoms with van der Waals surface area (Å²) in [5.74, 6) is 1.70. The maximum atomic E-state index is 3.81. The third-order valence-electron chi connectivity index (χ3n) is 4.83. The van der Waals surface area contributed by atoms with Crippen LogP contribution in [0.1, 0.15) is 38.7 Å². The van der Waals surface area contributed by atoms with Crippen LogP contribution in [0, 0.1) is 11.8 Å². The lowest BCUT2D eigenvalue weighted by atomic mass is 9.97. The topological polar surface area (TPSA) is 15.3 Å². The maximum absolute atomic E-state index is 3.81. The number of benzene rings is 1. The van der Waals surface area contributed by atoms with Crippen molar-refractivity contribution in [1.82, 2.24) is 10.2 Å². The van der Waals surface area contributed by atoms with Crippen molar-refractivity contribution in [2.24, 2.45) is 11.8 Å². The summed E-state index contributed by atoms with van der Waals surface area (Å²) < 4.78 is 1.25. The molecule has 116 valence electrons. The Balaban J connectivity index is 1.71. The van der Waals surface area contributed by atoms with Crippen molar-refractivity contribution in [3.63, 3.8) is 0 Å². The molecule has 0 amide bonds. The molecule has 0 aromatic heterocycles. The largest absolute Gasteiger partial charge is 0.311 e. The van der Waals surface area contributed by atoms with E-state index in [1.165, 1.54) is 35.8 Å². The Bertz CT molecular complexity index is 470. The lowest BCUT2D eigenvalue weighted by Gasteiger charge is -2.41. The summed E-state index contributed by atoms with van der Waals surface area (Å²) in [6, 6.07) is 10.1. The van der Waals surface area contributed by atoms with Gasteiger partial charge in [-0.2, -0.15) is 0 Å². The molecule has 0 spiro atoms. The van der Waals surface area contributed by atoms with E-state index in [1.807, 2.05) is 0 Å². The van der Waals surface area contributed by atoms with Gasteiger partial charge in [0.1, 0.15) is 0 Å². The second kappa shape index (κ2) is 6.80. The summed E-state index contributed by atoms with van der Waals surface area (Å²) in [5, 5.41) is 3.81. The van der Waals surface area contributed by atoms with Gasteiger partial charge >= 0.3 is 0 Å². The highest BCUT2D eigenvalue weighted by Gasteiger charge is 2.37. The van der Waals surface area contributed by atoms with Gasteiger partial charge in [0.15, 0.2) is 0 Å². The van der Waals surface area contributed by atoms with Crippen molar-refractivity contribution < 1.29 is 0 Å². The molecule has 1 heterocycles. The Hall–Kier alpha value is -0.380. The van der Waals surface area contributed by atoms with E-state index in [4.69, 9.17) is 0 Å². The summed E-state index contributed by atoms with van der Waals surface area (Å²) >= 11 is 3.71. The fraction of sp³-hybridized carbons (Fsp3) is 0.667. The zero-order chi connectivity index (χ0) is 14.8. The van der Waals surface area contributed by atoms with E-state index in [2.05, 4.69) is 64.3 Å². The van der Waals surface area contributed by atoms with Crippen LogP contribution in [-0.2, 0) is 6.54 Å². The average Bonchev–Trinajstić information content (AvgIpc) is 3.27. The van der Waals surface area contributed by atoms with Gasteiger partial charge in [-0.15, -0.1) is 0 Å². The van der Waals surface area contributed by atoms with Crippen LogP contribution in [0.2, 0.25) is 0 Å². The summed E-state index contributed by atoms with van der Waals surface area (Å²) in [7, 11) is 0. The SMILES string of the molecule is CC(C)CC1CNC(C2CC2)CN1Cc1ccccc1Br. The lowest BCUT2D eigenvalue weighted by molar-refractivity contribution is 0.0997. The van der Waals surface area contributed by atoms with E-state index in [0.717, 1.165) is 31.0 Å². The Morgan fingerprint density at radius 2 is 2.05 bits per heavy atom. The van der Waals surface area contributed by atoms with Crippen molar-refractivity contribution in [2.45, 2.75) is 51.7 Å². The highest BCUT2D eigenvalue weighted by Crippen LogP contribution is 2.35. The molecule has 1 aromatic carbocycles. The minimum Gasteiger partial charge on any atom is -0.311 e. The monoisotopic (exact) mass is 350 g/mol. The quantitative estimate of drug-likeness (QED) is 0.861.